The highest BCUT2D eigenvalue weighted by molar-refractivity contribution is 6.31. The van der Waals surface area contributed by atoms with E-state index >= 15 is 0 Å². The van der Waals surface area contributed by atoms with E-state index in [9.17, 15) is 4.79 Å². The molecule has 20 heavy (non-hydrogen) atoms. The summed E-state index contributed by atoms with van der Waals surface area (Å²) in [4.78, 5) is 10.5. The van der Waals surface area contributed by atoms with Gasteiger partial charge < -0.3 is 5.11 Å². The topological polar surface area (TPSA) is 37.3 Å². The molecule has 1 aromatic rings. The molecule has 0 aliphatic rings. The van der Waals surface area contributed by atoms with Crippen LogP contribution < -0.4 is 0 Å². The second kappa shape index (κ2) is 7.91. The highest BCUT2D eigenvalue weighted by Crippen LogP contribution is 2.28. The van der Waals surface area contributed by atoms with Gasteiger partial charge in [0.05, 0.1) is 0 Å². The summed E-state index contributed by atoms with van der Waals surface area (Å²) < 4.78 is 0. The first-order valence-electron chi connectivity index (χ1n) is 6.74. The number of carbonyl (C=O) groups is 1. The SMILES string of the molecule is C=C(CCC(=O)O)CCc1c(Cl)cccc1C(C)=CC. The van der Waals surface area contributed by atoms with Crippen LogP contribution in [0.25, 0.3) is 5.57 Å². The normalized spacial score (nSPS) is 11.4. The van der Waals surface area contributed by atoms with Gasteiger partial charge in [0.15, 0.2) is 0 Å². The van der Waals surface area contributed by atoms with Crippen LogP contribution in [0.15, 0.2) is 36.4 Å². The van der Waals surface area contributed by atoms with E-state index in [1.165, 1.54) is 5.57 Å². The molecule has 1 aromatic carbocycles. The zero-order valence-corrected chi connectivity index (χ0v) is 12.8. The van der Waals surface area contributed by atoms with Crippen LogP contribution in [0.1, 0.15) is 44.2 Å². The van der Waals surface area contributed by atoms with Crippen LogP contribution in [0, 0.1) is 0 Å². The second-order valence-corrected chi connectivity index (χ2v) is 5.29. The Bertz CT molecular complexity index is 530. The molecule has 1 N–H and O–H groups in total. The molecular weight excluding hydrogens is 272 g/mol. The first-order valence-corrected chi connectivity index (χ1v) is 7.12. The minimum atomic E-state index is -0.783. The van der Waals surface area contributed by atoms with E-state index in [4.69, 9.17) is 16.7 Å². The number of aliphatic carboxylic acids is 1. The molecule has 0 saturated carbocycles. The summed E-state index contributed by atoms with van der Waals surface area (Å²) in [5.74, 6) is -0.783. The van der Waals surface area contributed by atoms with Crippen molar-refractivity contribution in [1.29, 1.82) is 0 Å². The van der Waals surface area contributed by atoms with Crippen LogP contribution in [0.2, 0.25) is 5.02 Å². The molecule has 0 radical (unpaired) electrons. The Labute approximate surface area is 125 Å². The van der Waals surface area contributed by atoms with Gasteiger partial charge in [-0.2, -0.15) is 0 Å². The van der Waals surface area contributed by atoms with Gasteiger partial charge in [-0.15, -0.1) is 0 Å². The Hall–Kier alpha value is -1.54. The number of allylic oxidation sites excluding steroid dienone is 3. The van der Waals surface area contributed by atoms with E-state index in [-0.39, 0.29) is 6.42 Å². The average Bonchev–Trinajstić information content (AvgIpc) is 2.42. The lowest BCUT2D eigenvalue weighted by atomic mass is 9.95. The van der Waals surface area contributed by atoms with Crippen LogP contribution in [0.3, 0.4) is 0 Å². The number of hydrogen-bond donors (Lipinski definition) is 1. The monoisotopic (exact) mass is 292 g/mol. The van der Waals surface area contributed by atoms with Crippen molar-refractivity contribution in [1.82, 2.24) is 0 Å². The van der Waals surface area contributed by atoms with Gasteiger partial charge in [0, 0.05) is 11.4 Å². The summed E-state index contributed by atoms with van der Waals surface area (Å²) in [5.41, 5.74) is 4.42. The van der Waals surface area contributed by atoms with Crippen LogP contribution in [0.5, 0.6) is 0 Å². The van der Waals surface area contributed by atoms with Gasteiger partial charge in [-0.1, -0.05) is 42.0 Å². The molecule has 0 amide bonds. The number of rotatable bonds is 7. The van der Waals surface area contributed by atoms with Crippen molar-refractivity contribution >= 4 is 23.1 Å². The van der Waals surface area contributed by atoms with Gasteiger partial charge >= 0.3 is 5.97 Å². The summed E-state index contributed by atoms with van der Waals surface area (Å²) in [5, 5.41) is 9.43. The fraction of sp³-hybridized carbons (Fsp3) is 0.353. The van der Waals surface area contributed by atoms with E-state index in [0.717, 1.165) is 34.6 Å². The van der Waals surface area contributed by atoms with Crippen LogP contribution in [-0.2, 0) is 11.2 Å². The zero-order valence-electron chi connectivity index (χ0n) is 12.1. The predicted octanol–water partition coefficient (Wildman–Crippen LogP) is 5.12. The summed E-state index contributed by atoms with van der Waals surface area (Å²) in [6.07, 6.45) is 4.29. The number of benzene rings is 1. The Kier molecular flexibility index (Phi) is 6.53. The third kappa shape index (κ3) is 4.86. The molecule has 0 aliphatic carbocycles. The predicted molar refractivity (Wildman–Crippen MR) is 85.1 cm³/mol. The van der Waals surface area contributed by atoms with Gasteiger partial charge in [0.1, 0.15) is 0 Å². The summed E-state index contributed by atoms with van der Waals surface area (Å²) in [6.45, 7) is 8.01. The second-order valence-electron chi connectivity index (χ2n) is 4.88. The van der Waals surface area contributed by atoms with Crippen molar-refractivity contribution in [3.63, 3.8) is 0 Å². The first kappa shape index (κ1) is 16.5. The van der Waals surface area contributed by atoms with Gasteiger partial charge in [-0.25, -0.2) is 0 Å². The maximum atomic E-state index is 10.5. The average molecular weight is 293 g/mol. The van der Waals surface area contributed by atoms with Gasteiger partial charge in [0.25, 0.3) is 0 Å². The molecular formula is C17H21ClO2. The summed E-state index contributed by atoms with van der Waals surface area (Å²) in [6, 6.07) is 5.91. The molecule has 0 atom stereocenters. The van der Waals surface area contributed by atoms with E-state index in [1.54, 1.807) is 0 Å². The summed E-state index contributed by atoms with van der Waals surface area (Å²) in [7, 11) is 0. The Morgan fingerprint density at radius 2 is 2.05 bits per heavy atom. The van der Waals surface area contributed by atoms with Gasteiger partial charge in [-0.3, -0.25) is 4.79 Å². The zero-order chi connectivity index (χ0) is 15.1. The molecule has 0 unspecified atom stereocenters. The van der Waals surface area contributed by atoms with E-state index in [1.807, 2.05) is 19.1 Å². The minimum Gasteiger partial charge on any atom is -0.481 e. The van der Waals surface area contributed by atoms with Crippen molar-refractivity contribution in [3.8, 4) is 0 Å². The third-order valence-corrected chi connectivity index (χ3v) is 3.75. The lowest BCUT2D eigenvalue weighted by molar-refractivity contribution is -0.136. The van der Waals surface area contributed by atoms with Crippen molar-refractivity contribution in [2.45, 2.75) is 39.5 Å². The highest BCUT2D eigenvalue weighted by Gasteiger charge is 2.09. The highest BCUT2D eigenvalue weighted by atomic mass is 35.5. The van der Waals surface area contributed by atoms with Crippen molar-refractivity contribution in [2.24, 2.45) is 0 Å². The fourth-order valence-electron chi connectivity index (χ4n) is 2.05. The van der Waals surface area contributed by atoms with Crippen molar-refractivity contribution in [2.75, 3.05) is 0 Å². The number of carboxylic acid groups (broad SMARTS) is 1. The largest absolute Gasteiger partial charge is 0.481 e. The molecule has 3 heteroatoms. The van der Waals surface area contributed by atoms with Crippen LogP contribution in [0.4, 0.5) is 0 Å². The molecule has 0 aromatic heterocycles. The first-order chi connectivity index (χ1) is 9.45. The summed E-state index contributed by atoms with van der Waals surface area (Å²) >= 11 is 6.29. The van der Waals surface area contributed by atoms with Gasteiger partial charge in [0.2, 0.25) is 0 Å². The molecule has 108 valence electrons. The number of halogens is 1. The van der Waals surface area contributed by atoms with Gasteiger partial charge in [-0.05, 0) is 55.9 Å². The minimum absolute atomic E-state index is 0.141. The van der Waals surface area contributed by atoms with Crippen LogP contribution in [-0.4, -0.2) is 11.1 Å². The standard InChI is InChI=1S/C17H21ClO2/c1-4-13(3)14-6-5-7-16(18)15(14)10-8-12(2)9-11-17(19)20/h4-7H,2,8-11H2,1,3H3,(H,19,20). The van der Waals surface area contributed by atoms with Crippen molar-refractivity contribution < 1.29 is 9.90 Å². The fourth-order valence-corrected chi connectivity index (χ4v) is 2.32. The molecule has 2 nitrogen and oxygen atoms in total. The maximum absolute atomic E-state index is 10.5. The maximum Gasteiger partial charge on any atom is 0.303 e. The Balaban J connectivity index is 2.77. The third-order valence-electron chi connectivity index (χ3n) is 3.40. The smallest absolute Gasteiger partial charge is 0.303 e. The molecule has 0 aliphatic heterocycles. The lowest BCUT2D eigenvalue weighted by Crippen LogP contribution is -1.98. The number of carboxylic acids is 1. The lowest BCUT2D eigenvalue weighted by Gasteiger charge is -2.13. The molecule has 0 bridgehead atoms. The van der Waals surface area contributed by atoms with E-state index in [0.29, 0.717) is 6.42 Å². The van der Waals surface area contributed by atoms with Crippen molar-refractivity contribution in [3.05, 3.63) is 52.6 Å². The number of hydrogen-bond acceptors (Lipinski definition) is 1. The van der Waals surface area contributed by atoms with Crippen LogP contribution >= 0.6 is 11.6 Å². The molecule has 0 fully saturated rings. The molecule has 1 rings (SSSR count). The molecule has 0 heterocycles. The van der Waals surface area contributed by atoms with E-state index in [2.05, 4.69) is 25.6 Å². The molecule has 0 spiro atoms. The Morgan fingerprint density at radius 3 is 2.65 bits per heavy atom. The Morgan fingerprint density at radius 1 is 1.35 bits per heavy atom. The quantitative estimate of drug-likeness (QED) is 0.708. The molecule has 0 saturated heterocycles. The van der Waals surface area contributed by atoms with E-state index < -0.39 is 5.97 Å².